The molecule has 0 bridgehead atoms. The SMILES string of the molecule is COC1=CC(C)(O)C=C2C1=N[C@@H]1C=CC=C[C@H]21. The molecule has 0 fully saturated rings. The molecule has 0 radical (unpaired) electrons. The largest absolute Gasteiger partial charge is 0.495 e. The van der Waals surface area contributed by atoms with Crippen LogP contribution in [0.3, 0.4) is 0 Å². The normalized spacial score (nSPS) is 37.9. The van der Waals surface area contributed by atoms with E-state index in [0.717, 1.165) is 11.3 Å². The highest BCUT2D eigenvalue weighted by Gasteiger charge is 2.38. The maximum atomic E-state index is 10.2. The van der Waals surface area contributed by atoms with Crippen LogP contribution in [0.2, 0.25) is 0 Å². The molecular formula is C14H15NO2. The Morgan fingerprint density at radius 2 is 2.06 bits per heavy atom. The van der Waals surface area contributed by atoms with Crippen molar-refractivity contribution in [1.82, 2.24) is 0 Å². The zero-order valence-corrected chi connectivity index (χ0v) is 9.92. The van der Waals surface area contributed by atoms with Gasteiger partial charge in [0.1, 0.15) is 17.1 Å². The van der Waals surface area contributed by atoms with Crippen molar-refractivity contribution in [1.29, 1.82) is 0 Å². The molecule has 3 aliphatic rings. The minimum absolute atomic E-state index is 0.147. The summed E-state index contributed by atoms with van der Waals surface area (Å²) in [7, 11) is 1.61. The molecule has 1 unspecified atom stereocenters. The first-order valence-corrected chi connectivity index (χ1v) is 5.76. The average molecular weight is 229 g/mol. The zero-order valence-electron chi connectivity index (χ0n) is 9.92. The van der Waals surface area contributed by atoms with Gasteiger partial charge >= 0.3 is 0 Å². The van der Waals surface area contributed by atoms with E-state index in [4.69, 9.17) is 4.74 Å². The molecule has 0 aromatic heterocycles. The summed E-state index contributed by atoms with van der Waals surface area (Å²) in [5, 5.41) is 10.2. The van der Waals surface area contributed by atoms with E-state index in [2.05, 4.69) is 17.1 Å². The third-order valence-electron chi connectivity index (χ3n) is 3.34. The van der Waals surface area contributed by atoms with Gasteiger partial charge in [0.15, 0.2) is 0 Å². The molecule has 3 heteroatoms. The van der Waals surface area contributed by atoms with Gasteiger partial charge in [-0.2, -0.15) is 0 Å². The van der Waals surface area contributed by atoms with Crippen LogP contribution in [-0.4, -0.2) is 29.6 Å². The fourth-order valence-electron chi connectivity index (χ4n) is 2.60. The van der Waals surface area contributed by atoms with Crippen LogP contribution in [-0.2, 0) is 4.74 Å². The topological polar surface area (TPSA) is 41.8 Å². The summed E-state index contributed by atoms with van der Waals surface area (Å²) in [4.78, 5) is 4.66. The standard InChI is InChI=1S/C14H15NO2/c1-14(16)7-10-9-5-3-4-6-11(9)15-13(10)12(8-14)17-2/h3-9,11,16H,1-2H3/t9-,11-,14?/m1/s1. The van der Waals surface area contributed by atoms with Gasteiger partial charge in [0.2, 0.25) is 0 Å². The Morgan fingerprint density at radius 1 is 1.29 bits per heavy atom. The van der Waals surface area contributed by atoms with Crippen LogP contribution in [0.1, 0.15) is 6.92 Å². The van der Waals surface area contributed by atoms with Crippen molar-refractivity contribution in [2.45, 2.75) is 18.6 Å². The van der Waals surface area contributed by atoms with Crippen LogP contribution in [0.5, 0.6) is 0 Å². The second-order valence-corrected chi connectivity index (χ2v) is 4.80. The van der Waals surface area contributed by atoms with Crippen LogP contribution in [0.15, 0.2) is 52.8 Å². The molecule has 3 rings (SSSR count). The van der Waals surface area contributed by atoms with Crippen LogP contribution in [0.25, 0.3) is 0 Å². The van der Waals surface area contributed by atoms with Gasteiger partial charge in [-0.25, -0.2) is 0 Å². The van der Waals surface area contributed by atoms with Gasteiger partial charge in [-0.1, -0.05) is 24.3 Å². The number of fused-ring (bicyclic) bond motifs is 3. The van der Waals surface area contributed by atoms with E-state index >= 15 is 0 Å². The van der Waals surface area contributed by atoms with Gasteiger partial charge < -0.3 is 9.84 Å². The Kier molecular flexibility index (Phi) is 2.13. The molecule has 0 saturated heterocycles. The molecule has 2 aliphatic carbocycles. The molecule has 0 aromatic rings. The van der Waals surface area contributed by atoms with Crippen molar-refractivity contribution in [3.8, 4) is 0 Å². The quantitative estimate of drug-likeness (QED) is 0.744. The highest BCUT2D eigenvalue weighted by molar-refractivity contribution is 6.14. The van der Waals surface area contributed by atoms with Gasteiger partial charge in [-0.15, -0.1) is 0 Å². The number of nitrogens with zero attached hydrogens (tertiary/aromatic N) is 1. The van der Waals surface area contributed by atoms with E-state index in [1.54, 1.807) is 20.1 Å². The first kappa shape index (κ1) is 10.5. The Balaban J connectivity index is 2.10. The van der Waals surface area contributed by atoms with Gasteiger partial charge in [-0.3, -0.25) is 4.99 Å². The summed E-state index contributed by atoms with van der Waals surface area (Å²) in [6, 6.07) is 0.147. The molecule has 3 atom stereocenters. The number of hydrogen-bond donors (Lipinski definition) is 1. The molecule has 17 heavy (non-hydrogen) atoms. The predicted octanol–water partition coefficient (Wildman–Crippen LogP) is 1.77. The maximum Gasteiger partial charge on any atom is 0.143 e. The number of ether oxygens (including phenoxy) is 1. The molecule has 1 aliphatic heterocycles. The Hall–Kier alpha value is -1.61. The maximum absolute atomic E-state index is 10.2. The first-order valence-electron chi connectivity index (χ1n) is 5.76. The van der Waals surface area contributed by atoms with Crippen molar-refractivity contribution in [3.05, 3.63) is 47.8 Å². The van der Waals surface area contributed by atoms with E-state index in [9.17, 15) is 5.11 Å². The van der Waals surface area contributed by atoms with Crippen molar-refractivity contribution in [2.75, 3.05) is 7.11 Å². The summed E-state index contributed by atoms with van der Waals surface area (Å²) >= 11 is 0. The van der Waals surface area contributed by atoms with Crippen molar-refractivity contribution in [2.24, 2.45) is 10.9 Å². The lowest BCUT2D eigenvalue weighted by Crippen LogP contribution is -2.28. The van der Waals surface area contributed by atoms with E-state index in [0.29, 0.717) is 5.76 Å². The molecule has 1 N–H and O–H groups in total. The van der Waals surface area contributed by atoms with Crippen molar-refractivity contribution < 1.29 is 9.84 Å². The third-order valence-corrected chi connectivity index (χ3v) is 3.34. The fraction of sp³-hybridized carbons (Fsp3) is 0.357. The smallest absolute Gasteiger partial charge is 0.143 e. The van der Waals surface area contributed by atoms with Crippen LogP contribution >= 0.6 is 0 Å². The lowest BCUT2D eigenvalue weighted by Gasteiger charge is -2.25. The molecule has 1 heterocycles. The number of aliphatic hydroxyl groups is 1. The summed E-state index contributed by atoms with van der Waals surface area (Å²) in [5.74, 6) is 0.907. The predicted molar refractivity (Wildman–Crippen MR) is 66.8 cm³/mol. The Bertz CT molecular complexity index is 506. The lowest BCUT2D eigenvalue weighted by atomic mass is 9.83. The monoisotopic (exact) mass is 229 g/mol. The first-order chi connectivity index (χ1) is 8.11. The van der Waals surface area contributed by atoms with Crippen LogP contribution in [0.4, 0.5) is 0 Å². The highest BCUT2D eigenvalue weighted by atomic mass is 16.5. The van der Waals surface area contributed by atoms with E-state index < -0.39 is 5.60 Å². The molecule has 0 aromatic carbocycles. The van der Waals surface area contributed by atoms with E-state index in [1.807, 2.05) is 18.2 Å². The Morgan fingerprint density at radius 3 is 2.82 bits per heavy atom. The summed E-state index contributed by atoms with van der Waals surface area (Å²) < 4.78 is 5.33. The van der Waals surface area contributed by atoms with Gasteiger partial charge in [-0.05, 0) is 24.6 Å². The van der Waals surface area contributed by atoms with E-state index in [-0.39, 0.29) is 12.0 Å². The molecular weight excluding hydrogens is 214 g/mol. The number of methoxy groups -OCH3 is 1. The second kappa shape index (κ2) is 3.44. The Labute approximate surface area is 101 Å². The molecule has 0 amide bonds. The fourth-order valence-corrected chi connectivity index (χ4v) is 2.60. The lowest BCUT2D eigenvalue weighted by molar-refractivity contribution is 0.155. The van der Waals surface area contributed by atoms with Crippen LogP contribution < -0.4 is 0 Å². The average Bonchev–Trinajstić information content (AvgIpc) is 2.66. The highest BCUT2D eigenvalue weighted by Crippen LogP contribution is 2.38. The van der Waals surface area contributed by atoms with Gasteiger partial charge in [0, 0.05) is 5.92 Å². The zero-order chi connectivity index (χ0) is 12.0. The van der Waals surface area contributed by atoms with Gasteiger partial charge in [0.25, 0.3) is 0 Å². The summed E-state index contributed by atoms with van der Waals surface area (Å²) in [5.41, 5.74) is 0.994. The third kappa shape index (κ3) is 1.58. The van der Waals surface area contributed by atoms with E-state index in [1.165, 1.54) is 0 Å². The number of hydrogen-bond acceptors (Lipinski definition) is 3. The van der Waals surface area contributed by atoms with Crippen molar-refractivity contribution in [3.63, 3.8) is 0 Å². The molecule has 3 nitrogen and oxygen atoms in total. The number of allylic oxidation sites excluding steroid dienone is 3. The molecule has 0 spiro atoms. The summed E-state index contributed by atoms with van der Waals surface area (Å²) in [6.07, 6.45) is 11.8. The minimum Gasteiger partial charge on any atom is -0.495 e. The summed E-state index contributed by atoms with van der Waals surface area (Å²) in [6.45, 7) is 1.76. The number of rotatable bonds is 1. The minimum atomic E-state index is -0.955. The molecule has 88 valence electrons. The molecule has 0 saturated carbocycles. The second-order valence-electron chi connectivity index (χ2n) is 4.80. The van der Waals surface area contributed by atoms with Crippen molar-refractivity contribution >= 4 is 5.71 Å². The number of aliphatic imine (C=N–C) groups is 1. The van der Waals surface area contributed by atoms with Crippen LogP contribution in [0, 0.1) is 5.92 Å². The van der Waals surface area contributed by atoms with Gasteiger partial charge in [0.05, 0.1) is 13.2 Å².